The lowest BCUT2D eigenvalue weighted by molar-refractivity contribution is -0.137. The molecule has 0 aromatic heterocycles. The molecule has 0 saturated carbocycles. The van der Waals surface area contributed by atoms with Crippen molar-refractivity contribution in [1.82, 2.24) is 10.2 Å². The third-order valence-corrected chi connectivity index (χ3v) is 8.16. The maximum atomic E-state index is 14.0. The third kappa shape index (κ3) is 5.57. The molecule has 0 bridgehead atoms. The highest BCUT2D eigenvalue weighted by Gasteiger charge is 2.51. The van der Waals surface area contributed by atoms with Crippen molar-refractivity contribution < 1.29 is 43.9 Å². The Kier molecular flexibility index (Phi) is 8.42. The average Bonchev–Trinajstić information content (AvgIpc) is 3.68. The molecule has 3 aromatic carbocycles. The number of nitrogens with one attached hydrogen (secondary N) is 1. The van der Waals surface area contributed by atoms with Crippen molar-refractivity contribution in [2.45, 2.75) is 43.7 Å². The number of aliphatic hydroxyl groups is 3. The van der Waals surface area contributed by atoms with Crippen LogP contribution in [-0.4, -0.2) is 77.3 Å². The first-order chi connectivity index (χ1) is 21.4. The number of methoxy groups -OCH3 is 1. The molecule has 11 nitrogen and oxygen atoms in total. The Morgan fingerprint density at radius 3 is 2.55 bits per heavy atom. The van der Waals surface area contributed by atoms with Crippen LogP contribution in [0.1, 0.15) is 28.2 Å². The Hall–Kier alpha value is -4.58. The van der Waals surface area contributed by atoms with Gasteiger partial charge in [-0.15, -0.1) is 0 Å². The Bertz CT molecular complexity index is 1570. The van der Waals surface area contributed by atoms with Crippen molar-refractivity contribution >= 4 is 11.8 Å². The summed E-state index contributed by atoms with van der Waals surface area (Å²) in [6, 6.07) is 17.1. The molecule has 4 N–H and O–H groups in total. The molecule has 44 heavy (non-hydrogen) atoms. The monoisotopic (exact) mass is 602 g/mol. The number of rotatable bonds is 10. The number of ether oxygens (including phenoxy) is 4. The van der Waals surface area contributed by atoms with Crippen LogP contribution in [-0.2, 0) is 29.2 Å². The van der Waals surface area contributed by atoms with Crippen LogP contribution in [0, 0.1) is 0 Å². The second-order valence-corrected chi connectivity index (χ2v) is 10.9. The number of nitrogens with zero attached hydrogens (tertiary/aromatic N) is 1. The number of aliphatic hydroxyl groups excluding tert-OH is 3. The van der Waals surface area contributed by atoms with Crippen molar-refractivity contribution in [2.75, 3.05) is 27.1 Å². The van der Waals surface area contributed by atoms with E-state index >= 15 is 0 Å². The molecule has 1 aliphatic carbocycles. The highest BCUT2D eigenvalue weighted by molar-refractivity contribution is 5.96. The number of carbonyl (C=O) groups is 2. The van der Waals surface area contributed by atoms with Gasteiger partial charge in [0.15, 0.2) is 23.0 Å². The minimum absolute atomic E-state index is 0.0162. The lowest BCUT2D eigenvalue weighted by atomic mass is 9.77. The van der Waals surface area contributed by atoms with Crippen molar-refractivity contribution in [3.05, 3.63) is 94.6 Å². The minimum Gasteiger partial charge on any atom is -0.493 e. The van der Waals surface area contributed by atoms with Gasteiger partial charge in [0.25, 0.3) is 0 Å². The molecule has 0 unspecified atom stereocenters. The van der Waals surface area contributed by atoms with Gasteiger partial charge in [0, 0.05) is 24.2 Å². The second kappa shape index (κ2) is 12.6. The van der Waals surface area contributed by atoms with E-state index in [1.54, 1.807) is 35.2 Å². The molecule has 0 radical (unpaired) electrons. The minimum atomic E-state index is -1.24. The number of amides is 2. The standard InChI is InChI=1S/C33H34N2O9/c1-41-27-13-21(17-37)11-22-29-23(33(40)34-9-10-36)15-24(30(39)32(29)44-31(22)27)35(28(38)14-19-5-3-2-4-6-19)16-20-7-8-25-26(12-20)43-18-42-25/h2-8,11-13,15,24,29-30,32,36-37,39H,9-10,14,16-18H2,1H3,(H,34,40)/t24-,29+,30+,32+/m1/s1. The molecule has 4 atom stereocenters. The van der Waals surface area contributed by atoms with E-state index in [4.69, 9.17) is 18.9 Å². The fraction of sp³-hybridized carbons (Fsp3) is 0.333. The van der Waals surface area contributed by atoms with E-state index < -0.39 is 30.1 Å². The molecule has 2 aliphatic heterocycles. The zero-order valence-corrected chi connectivity index (χ0v) is 24.1. The summed E-state index contributed by atoms with van der Waals surface area (Å²) >= 11 is 0. The van der Waals surface area contributed by atoms with Crippen molar-refractivity contribution in [3.8, 4) is 23.0 Å². The van der Waals surface area contributed by atoms with Gasteiger partial charge in [0.05, 0.1) is 38.7 Å². The molecule has 2 amide bonds. The van der Waals surface area contributed by atoms with Gasteiger partial charge in [-0.3, -0.25) is 9.59 Å². The number of benzene rings is 3. The lowest BCUT2D eigenvalue weighted by Crippen LogP contribution is -2.55. The number of hydrogen-bond donors (Lipinski definition) is 4. The van der Waals surface area contributed by atoms with Gasteiger partial charge in [-0.25, -0.2) is 0 Å². The fourth-order valence-corrected chi connectivity index (χ4v) is 6.09. The summed E-state index contributed by atoms with van der Waals surface area (Å²) in [5.74, 6) is 0.436. The average molecular weight is 603 g/mol. The van der Waals surface area contributed by atoms with Gasteiger partial charge in [-0.1, -0.05) is 36.4 Å². The quantitative estimate of drug-likeness (QED) is 0.273. The van der Waals surface area contributed by atoms with E-state index in [2.05, 4.69) is 5.32 Å². The van der Waals surface area contributed by atoms with Gasteiger partial charge in [-0.05, 0) is 47.0 Å². The van der Waals surface area contributed by atoms with E-state index in [1.165, 1.54) is 7.11 Å². The number of hydrogen-bond acceptors (Lipinski definition) is 9. The zero-order valence-electron chi connectivity index (χ0n) is 24.1. The molecule has 0 saturated heterocycles. The van der Waals surface area contributed by atoms with E-state index in [-0.39, 0.29) is 51.0 Å². The molecule has 3 aromatic rings. The Balaban J connectivity index is 1.42. The predicted molar refractivity (Wildman–Crippen MR) is 157 cm³/mol. The molecule has 11 heteroatoms. The van der Waals surface area contributed by atoms with Crippen molar-refractivity contribution in [3.63, 3.8) is 0 Å². The first kappa shape index (κ1) is 29.5. The number of carbonyl (C=O) groups excluding carboxylic acids is 2. The summed E-state index contributed by atoms with van der Waals surface area (Å²) in [4.78, 5) is 29.2. The smallest absolute Gasteiger partial charge is 0.247 e. The first-order valence-electron chi connectivity index (χ1n) is 14.4. The van der Waals surface area contributed by atoms with Gasteiger partial charge < -0.3 is 44.5 Å². The van der Waals surface area contributed by atoms with Crippen LogP contribution in [0.5, 0.6) is 23.0 Å². The highest BCUT2D eigenvalue weighted by atomic mass is 16.7. The molecule has 3 aliphatic rings. The molecule has 6 rings (SSSR count). The SMILES string of the molecule is COc1cc(CO)cc2c1O[C@@H]1[C@@H](O)[C@H](N(Cc3ccc4c(c3)OCO4)C(=O)Cc3ccccc3)C=C(C(=O)NCCO)[C@H]21. The van der Waals surface area contributed by atoms with E-state index in [1.807, 2.05) is 36.4 Å². The van der Waals surface area contributed by atoms with Crippen LogP contribution in [0.25, 0.3) is 0 Å². The van der Waals surface area contributed by atoms with Gasteiger partial charge in [0.2, 0.25) is 18.6 Å². The molecule has 230 valence electrons. The Labute approximate surface area is 254 Å². The Morgan fingerprint density at radius 1 is 1.00 bits per heavy atom. The summed E-state index contributed by atoms with van der Waals surface area (Å²) in [6.07, 6.45) is -0.498. The van der Waals surface area contributed by atoms with Gasteiger partial charge in [-0.2, -0.15) is 0 Å². The largest absolute Gasteiger partial charge is 0.493 e. The highest BCUT2D eigenvalue weighted by Crippen LogP contribution is 2.51. The molecule has 2 heterocycles. The predicted octanol–water partition coefficient (Wildman–Crippen LogP) is 1.81. The first-order valence-corrected chi connectivity index (χ1v) is 14.4. The number of fused-ring (bicyclic) bond motifs is 4. The summed E-state index contributed by atoms with van der Waals surface area (Å²) in [5, 5.41) is 33.9. The van der Waals surface area contributed by atoms with Crippen LogP contribution < -0.4 is 24.3 Å². The summed E-state index contributed by atoms with van der Waals surface area (Å²) in [7, 11) is 1.47. The maximum Gasteiger partial charge on any atom is 0.247 e. The van der Waals surface area contributed by atoms with Gasteiger partial charge in [0.1, 0.15) is 12.2 Å². The normalized spacial score (nSPS) is 21.0. The van der Waals surface area contributed by atoms with Crippen LogP contribution in [0.15, 0.2) is 72.3 Å². The fourth-order valence-electron chi connectivity index (χ4n) is 6.09. The third-order valence-electron chi connectivity index (χ3n) is 8.16. The lowest BCUT2D eigenvalue weighted by Gasteiger charge is -2.41. The van der Waals surface area contributed by atoms with Crippen molar-refractivity contribution in [1.29, 1.82) is 0 Å². The Morgan fingerprint density at radius 2 is 1.80 bits per heavy atom. The van der Waals surface area contributed by atoms with E-state index in [0.717, 1.165) is 11.1 Å². The maximum absolute atomic E-state index is 14.0. The molecule has 0 spiro atoms. The van der Waals surface area contributed by atoms with Crippen LogP contribution >= 0.6 is 0 Å². The van der Waals surface area contributed by atoms with Crippen LogP contribution in [0.3, 0.4) is 0 Å². The summed E-state index contributed by atoms with van der Waals surface area (Å²) in [5.41, 5.74) is 2.96. The molecular weight excluding hydrogens is 568 g/mol. The van der Waals surface area contributed by atoms with Gasteiger partial charge >= 0.3 is 0 Å². The summed E-state index contributed by atoms with van der Waals surface area (Å²) in [6.45, 7) is -0.301. The van der Waals surface area contributed by atoms with Crippen LogP contribution in [0.4, 0.5) is 0 Å². The zero-order chi connectivity index (χ0) is 30.8. The van der Waals surface area contributed by atoms with Crippen LogP contribution in [0.2, 0.25) is 0 Å². The molecular formula is C33H34N2O9. The second-order valence-electron chi connectivity index (χ2n) is 10.9. The molecule has 0 fully saturated rings. The van der Waals surface area contributed by atoms with Crippen molar-refractivity contribution in [2.24, 2.45) is 0 Å². The summed E-state index contributed by atoms with van der Waals surface area (Å²) < 4.78 is 22.9. The topological polar surface area (TPSA) is 147 Å². The van der Waals surface area contributed by atoms with E-state index in [0.29, 0.717) is 34.1 Å². The van der Waals surface area contributed by atoms with E-state index in [9.17, 15) is 24.9 Å².